The van der Waals surface area contributed by atoms with Gasteiger partial charge >= 0.3 is 0 Å². The molecule has 18 heavy (non-hydrogen) atoms. The summed E-state index contributed by atoms with van der Waals surface area (Å²) in [4.78, 5) is 2.57. The molecule has 0 radical (unpaired) electrons. The molecule has 0 aliphatic carbocycles. The molecule has 0 amide bonds. The van der Waals surface area contributed by atoms with E-state index in [4.69, 9.17) is 11.0 Å². The Morgan fingerprint density at radius 3 is 2.44 bits per heavy atom. The first-order valence-corrected chi connectivity index (χ1v) is 7.17. The van der Waals surface area contributed by atoms with Crippen LogP contribution in [0.5, 0.6) is 0 Å². The molecule has 1 rings (SSSR count). The molecule has 3 nitrogen and oxygen atoms in total. The molecule has 0 aromatic heterocycles. The van der Waals surface area contributed by atoms with Crippen LogP contribution in [0.2, 0.25) is 0 Å². The molecule has 1 aliphatic rings. The van der Waals surface area contributed by atoms with E-state index in [1.54, 1.807) is 0 Å². The van der Waals surface area contributed by atoms with Crippen LogP contribution in [0.1, 0.15) is 53.4 Å². The molecule has 0 saturated carbocycles. The molecule has 1 aliphatic heterocycles. The Balaban J connectivity index is 2.18. The van der Waals surface area contributed by atoms with Crippen LogP contribution in [0, 0.1) is 22.7 Å². The van der Waals surface area contributed by atoms with Crippen molar-refractivity contribution in [2.24, 2.45) is 17.1 Å². The van der Waals surface area contributed by atoms with Gasteiger partial charge in [-0.05, 0) is 57.0 Å². The summed E-state index contributed by atoms with van der Waals surface area (Å²) in [6, 6.07) is 2.16. The first-order valence-electron chi connectivity index (χ1n) is 7.17. The zero-order valence-electron chi connectivity index (χ0n) is 12.5. The van der Waals surface area contributed by atoms with E-state index < -0.39 is 5.54 Å². The molecule has 0 bridgehead atoms. The minimum atomic E-state index is -0.640. The van der Waals surface area contributed by atoms with Crippen molar-refractivity contribution in [2.45, 2.75) is 58.9 Å². The normalized spacial score (nSPS) is 24.8. The van der Waals surface area contributed by atoms with Gasteiger partial charge in [-0.3, -0.25) is 0 Å². The summed E-state index contributed by atoms with van der Waals surface area (Å²) in [6.45, 7) is 12.5. The number of hydrogen-bond acceptors (Lipinski definition) is 3. The Bertz CT molecular complexity index is 296. The molecule has 3 heteroatoms. The standard InChI is InChI=1S/C15H29N3/c1-14(2,3)13-7-10-18(11-13)9-6-5-8-15(4,17)12-16/h13H,5-11,17H2,1-4H3. The van der Waals surface area contributed by atoms with Gasteiger partial charge in [-0.15, -0.1) is 0 Å². The van der Waals surface area contributed by atoms with Crippen molar-refractivity contribution in [3.8, 4) is 6.07 Å². The summed E-state index contributed by atoms with van der Waals surface area (Å²) < 4.78 is 0. The number of nitriles is 1. The smallest absolute Gasteiger partial charge is 0.101 e. The largest absolute Gasteiger partial charge is 0.314 e. The molecule has 2 unspecified atom stereocenters. The lowest BCUT2D eigenvalue weighted by Gasteiger charge is -2.27. The van der Waals surface area contributed by atoms with Gasteiger partial charge in [0.1, 0.15) is 5.54 Å². The first kappa shape index (κ1) is 15.5. The summed E-state index contributed by atoms with van der Waals surface area (Å²) in [5.41, 5.74) is 5.61. The maximum atomic E-state index is 8.84. The maximum absolute atomic E-state index is 8.84. The Morgan fingerprint density at radius 2 is 1.94 bits per heavy atom. The predicted molar refractivity (Wildman–Crippen MR) is 76.1 cm³/mol. The van der Waals surface area contributed by atoms with Gasteiger partial charge in [0.05, 0.1) is 6.07 Å². The van der Waals surface area contributed by atoms with Gasteiger partial charge in [0, 0.05) is 6.54 Å². The molecule has 104 valence electrons. The van der Waals surface area contributed by atoms with E-state index in [9.17, 15) is 0 Å². The van der Waals surface area contributed by atoms with E-state index in [0.717, 1.165) is 31.7 Å². The van der Waals surface area contributed by atoms with Crippen molar-refractivity contribution < 1.29 is 0 Å². The van der Waals surface area contributed by atoms with Gasteiger partial charge in [0.25, 0.3) is 0 Å². The zero-order valence-corrected chi connectivity index (χ0v) is 12.5. The molecular formula is C15H29N3. The summed E-state index contributed by atoms with van der Waals surface area (Å²) in [6.07, 6.45) is 4.35. The van der Waals surface area contributed by atoms with Gasteiger partial charge < -0.3 is 10.6 Å². The summed E-state index contributed by atoms with van der Waals surface area (Å²) in [5.74, 6) is 0.830. The molecule has 1 saturated heterocycles. The van der Waals surface area contributed by atoms with Crippen LogP contribution < -0.4 is 5.73 Å². The van der Waals surface area contributed by atoms with Crippen molar-refractivity contribution >= 4 is 0 Å². The fraction of sp³-hybridized carbons (Fsp3) is 0.933. The molecule has 0 spiro atoms. The number of hydrogen-bond donors (Lipinski definition) is 1. The number of nitrogens with zero attached hydrogens (tertiary/aromatic N) is 2. The number of unbranched alkanes of at least 4 members (excludes halogenated alkanes) is 1. The molecule has 0 aromatic rings. The number of nitrogens with two attached hydrogens (primary N) is 1. The number of likely N-dealkylation sites (tertiary alicyclic amines) is 1. The van der Waals surface area contributed by atoms with Crippen LogP contribution in [0.3, 0.4) is 0 Å². The molecule has 1 fully saturated rings. The van der Waals surface area contributed by atoms with Gasteiger partial charge in [-0.1, -0.05) is 20.8 Å². The third kappa shape index (κ3) is 4.96. The molecule has 1 heterocycles. The lowest BCUT2D eigenvalue weighted by atomic mass is 9.80. The first-order chi connectivity index (χ1) is 8.24. The van der Waals surface area contributed by atoms with Crippen molar-refractivity contribution in [1.29, 1.82) is 5.26 Å². The quantitative estimate of drug-likeness (QED) is 0.764. The van der Waals surface area contributed by atoms with Gasteiger partial charge in [-0.25, -0.2) is 0 Å². The molecule has 2 N–H and O–H groups in total. The van der Waals surface area contributed by atoms with E-state index in [1.165, 1.54) is 19.5 Å². The van der Waals surface area contributed by atoms with Gasteiger partial charge in [-0.2, -0.15) is 5.26 Å². The Hall–Kier alpha value is -0.590. The van der Waals surface area contributed by atoms with Gasteiger partial charge in [0.15, 0.2) is 0 Å². The van der Waals surface area contributed by atoms with E-state index in [2.05, 4.69) is 31.7 Å². The summed E-state index contributed by atoms with van der Waals surface area (Å²) in [5, 5.41) is 8.84. The lowest BCUT2D eigenvalue weighted by molar-refractivity contribution is 0.227. The zero-order chi connectivity index (χ0) is 13.8. The fourth-order valence-electron chi connectivity index (χ4n) is 2.63. The van der Waals surface area contributed by atoms with Crippen LogP contribution >= 0.6 is 0 Å². The molecule has 0 aromatic carbocycles. The Labute approximate surface area is 112 Å². The summed E-state index contributed by atoms with van der Waals surface area (Å²) >= 11 is 0. The lowest BCUT2D eigenvalue weighted by Crippen LogP contribution is -2.34. The monoisotopic (exact) mass is 251 g/mol. The van der Waals surface area contributed by atoms with Crippen molar-refractivity contribution in [3.05, 3.63) is 0 Å². The Morgan fingerprint density at radius 1 is 1.28 bits per heavy atom. The minimum absolute atomic E-state index is 0.436. The average Bonchev–Trinajstić information content (AvgIpc) is 2.73. The van der Waals surface area contributed by atoms with E-state index in [0.29, 0.717) is 5.41 Å². The van der Waals surface area contributed by atoms with Gasteiger partial charge in [0.2, 0.25) is 0 Å². The van der Waals surface area contributed by atoms with E-state index in [1.807, 2.05) is 6.92 Å². The fourth-order valence-corrected chi connectivity index (χ4v) is 2.63. The number of rotatable bonds is 5. The van der Waals surface area contributed by atoms with Crippen LogP contribution in [0.25, 0.3) is 0 Å². The van der Waals surface area contributed by atoms with Crippen LogP contribution in [0.15, 0.2) is 0 Å². The van der Waals surface area contributed by atoms with E-state index >= 15 is 0 Å². The third-order valence-corrected chi connectivity index (χ3v) is 4.17. The second-order valence-corrected chi connectivity index (χ2v) is 7.14. The van der Waals surface area contributed by atoms with Crippen LogP contribution in [0.4, 0.5) is 0 Å². The highest BCUT2D eigenvalue weighted by molar-refractivity contribution is 5.00. The second kappa shape index (κ2) is 6.04. The van der Waals surface area contributed by atoms with Crippen LogP contribution in [-0.2, 0) is 0 Å². The topological polar surface area (TPSA) is 53.1 Å². The molecule has 2 atom stereocenters. The maximum Gasteiger partial charge on any atom is 0.101 e. The molecular weight excluding hydrogens is 222 g/mol. The highest BCUT2D eigenvalue weighted by Crippen LogP contribution is 2.33. The van der Waals surface area contributed by atoms with Crippen LogP contribution in [-0.4, -0.2) is 30.1 Å². The van der Waals surface area contributed by atoms with Crippen molar-refractivity contribution in [1.82, 2.24) is 4.90 Å². The minimum Gasteiger partial charge on any atom is -0.314 e. The summed E-state index contributed by atoms with van der Waals surface area (Å²) in [7, 11) is 0. The van der Waals surface area contributed by atoms with Crippen molar-refractivity contribution in [2.75, 3.05) is 19.6 Å². The third-order valence-electron chi connectivity index (χ3n) is 4.17. The van der Waals surface area contributed by atoms with Crippen molar-refractivity contribution in [3.63, 3.8) is 0 Å². The van der Waals surface area contributed by atoms with E-state index in [-0.39, 0.29) is 0 Å². The Kier molecular flexibility index (Phi) is 5.19. The highest BCUT2D eigenvalue weighted by atomic mass is 15.1. The SMILES string of the molecule is CC(N)(C#N)CCCCN1CCC(C(C)(C)C)C1. The second-order valence-electron chi connectivity index (χ2n) is 7.14. The highest BCUT2D eigenvalue weighted by Gasteiger charge is 2.31. The predicted octanol–water partition coefficient (Wildman–Crippen LogP) is 2.77. The average molecular weight is 251 g/mol.